The van der Waals surface area contributed by atoms with Crippen LogP contribution in [0.2, 0.25) is 0 Å². The van der Waals surface area contributed by atoms with Gasteiger partial charge in [0, 0.05) is 38.6 Å². The van der Waals surface area contributed by atoms with Crippen LogP contribution in [-0.4, -0.2) is 62.0 Å². The fourth-order valence-electron chi connectivity index (χ4n) is 3.93. The molecule has 11 nitrogen and oxygen atoms in total. The Kier molecular flexibility index (Phi) is 6.87. The number of amides is 1. The molecular weight excluding hydrogens is 480 g/mol. The molecule has 2 aromatic heterocycles. The maximum absolute atomic E-state index is 12.7. The standard InChI is InChI=1S/C24H26N8O3S/c1-30-18-9-8-17(14-19(18)31(2)24(30)34)25-20(33)15-36-23-28-21(26-16-6-4-3-5-7-16)27-22(29-23)32-10-12-35-13-11-32/h3-9,14H,10-13,15H2,1-2H3,(H,25,33)(H,26,27,28,29). The lowest BCUT2D eigenvalue weighted by molar-refractivity contribution is -0.113. The summed E-state index contributed by atoms with van der Waals surface area (Å²) in [6.45, 7) is 2.58. The Labute approximate surface area is 211 Å². The van der Waals surface area contributed by atoms with Crippen molar-refractivity contribution in [3.63, 3.8) is 0 Å². The first-order valence-corrected chi connectivity index (χ1v) is 12.5. The van der Waals surface area contributed by atoms with E-state index < -0.39 is 0 Å². The molecule has 1 aliphatic rings. The zero-order valence-corrected chi connectivity index (χ0v) is 20.8. The number of fused-ring (bicyclic) bond motifs is 1. The smallest absolute Gasteiger partial charge is 0.328 e. The summed E-state index contributed by atoms with van der Waals surface area (Å²) in [7, 11) is 3.43. The zero-order valence-electron chi connectivity index (χ0n) is 20.0. The second-order valence-electron chi connectivity index (χ2n) is 8.27. The number of aryl methyl sites for hydroxylation is 2. The van der Waals surface area contributed by atoms with Gasteiger partial charge < -0.3 is 20.3 Å². The molecule has 0 bridgehead atoms. The van der Waals surface area contributed by atoms with Crippen LogP contribution >= 0.6 is 11.8 Å². The number of anilines is 4. The van der Waals surface area contributed by atoms with E-state index >= 15 is 0 Å². The fourth-order valence-corrected chi connectivity index (χ4v) is 4.56. The second kappa shape index (κ2) is 10.4. The average molecular weight is 507 g/mol. The molecule has 1 fully saturated rings. The highest BCUT2D eigenvalue weighted by Crippen LogP contribution is 2.23. The van der Waals surface area contributed by atoms with Crippen molar-refractivity contribution >= 4 is 52.0 Å². The van der Waals surface area contributed by atoms with Crippen molar-refractivity contribution < 1.29 is 9.53 Å². The van der Waals surface area contributed by atoms with Gasteiger partial charge in [-0.3, -0.25) is 13.9 Å². The number of hydrogen-bond donors (Lipinski definition) is 2. The molecule has 0 unspecified atom stereocenters. The number of para-hydroxylation sites is 1. The largest absolute Gasteiger partial charge is 0.378 e. The van der Waals surface area contributed by atoms with E-state index in [0.717, 1.165) is 16.7 Å². The van der Waals surface area contributed by atoms with Crippen LogP contribution in [0.15, 0.2) is 58.5 Å². The van der Waals surface area contributed by atoms with Gasteiger partial charge in [-0.15, -0.1) is 0 Å². The molecule has 1 amide bonds. The van der Waals surface area contributed by atoms with Crippen LogP contribution in [0.1, 0.15) is 0 Å². The number of rotatable bonds is 7. The molecule has 0 atom stereocenters. The minimum absolute atomic E-state index is 0.114. The molecule has 36 heavy (non-hydrogen) atoms. The normalized spacial score (nSPS) is 13.7. The number of carbonyl (C=O) groups excluding carboxylic acids is 1. The van der Waals surface area contributed by atoms with Crippen LogP contribution in [0.5, 0.6) is 0 Å². The van der Waals surface area contributed by atoms with Gasteiger partial charge in [0.25, 0.3) is 0 Å². The number of carbonyl (C=O) groups is 1. The highest BCUT2D eigenvalue weighted by atomic mass is 32.2. The first-order valence-electron chi connectivity index (χ1n) is 11.5. The molecule has 186 valence electrons. The lowest BCUT2D eigenvalue weighted by Gasteiger charge is -2.27. The number of hydrogen-bond acceptors (Lipinski definition) is 9. The van der Waals surface area contributed by atoms with E-state index in [4.69, 9.17) is 4.74 Å². The molecule has 12 heteroatoms. The first kappa shape index (κ1) is 23.8. The number of nitrogens with one attached hydrogen (secondary N) is 2. The van der Waals surface area contributed by atoms with Gasteiger partial charge in [-0.05, 0) is 30.3 Å². The third kappa shape index (κ3) is 5.19. The summed E-state index contributed by atoms with van der Waals surface area (Å²) >= 11 is 1.23. The summed E-state index contributed by atoms with van der Waals surface area (Å²) in [6, 6.07) is 15.0. The Balaban J connectivity index is 1.31. The molecule has 2 aromatic carbocycles. The molecule has 4 aromatic rings. The van der Waals surface area contributed by atoms with Crippen LogP contribution in [0.4, 0.5) is 23.3 Å². The van der Waals surface area contributed by atoms with E-state index in [1.54, 1.807) is 35.4 Å². The van der Waals surface area contributed by atoms with Crippen LogP contribution in [-0.2, 0) is 23.6 Å². The topological polar surface area (TPSA) is 119 Å². The Morgan fingerprint density at radius 2 is 1.72 bits per heavy atom. The molecule has 0 aliphatic carbocycles. The molecule has 1 saturated heterocycles. The van der Waals surface area contributed by atoms with Gasteiger partial charge in [0.1, 0.15) is 0 Å². The second-order valence-corrected chi connectivity index (χ2v) is 9.22. The minimum atomic E-state index is -0.203. The van der Waals surface area contributed by atoms with Gasteiger partial charge in [0.2, 0.25) is 17.8 Å². The molecule has 5 rings (SSSR count). The fraction of sp³-hybridized carbons (Fsp3) is 0.292. The molecule has 0 spiro atoms. The van der Waals surface area contributed by atoms with Crippen molar-refractivity contribution in [2.24, 2.45) is 14.1 Å². The number of nitrogens with zero attached hydrogens (tertiary/aromatic N) is 6. The van der Waals surface area contributed by atoms with Crippen LogP contribution in [0, 0.1) is 0 Å². The summed E-state index contributed by atoms with van der Waals surface area (Å²) in [5.74, 6) is 0.871. The third-order valence-electron chi connectivity index (χ3n) is 5.82. The molecule has 3 heterocycles. The van der Waals surface area contributed by atoms with Gasteiger partial charge in [0.05, 0.1) is 30.0 Å². The minimum Gasteiger partial charge on any atom is -0.378 e. The number of morpholine rings is 1. The van der Waals surface area contributed by atoms with Crippen LogP contribution in [0.3, 0.4) is 0 Å². The van der Waals surface area contributed by atoms with Crippen molar-refractivity contribution in [1.29, 1.82) is 0 Å². The SMILES string of the molecule is Cn1c(=O)n(C)c2cc(NC(=O)CSc3nc(Nc4ccccc4)nc(N4CCOCC4)n3)ccc21. The van der Waals surface area contributed by atoms with E-state index in [1.807, 2.05) is 41.3 Å². The van der Waals surface area contributed by atoms with Gasteiger partial charge in [0.15, 0.2) is 5.16 Å². The maximum Gasteiger partial charge on any atom is 0.328 e. The van der Waals surface area contributed by atoms with Crippen molar-refractivity contribution in [3.05, 3.63) is 59.0 Å². The highest BCUT2D eigenvalue weighted by molar-refractivity contribution is 7.99. The Morgan fingerprint density at radius 1 is 0.972 bits per heavy atom. The molecule has 0 radical (unpaired) electrons. The number of imidazole rings is 1. The van der Waals surface area contributed by atoms with E-state index in [2.05, 4.69) is 25.6 Å². The number of benzene rings is 2. The number of ether oxygens (including phenoxy) is 1. The van der Waals surface area contributed by atoms with Crippen LogP contribution < -0.4 is 21.2 Å². The monoisotopic (exact) mass is 506 g/mol. The van der Waals surface area contributed by atoms with E-state index in [-0.39, 0.29) is 17.3 Å². The zero-order chi connectivity index (χ0) is 25.1. The van der Waals surface area contributed by atoms with Gasteiger partial charge in [-0.2, -0.15) is 15.0 Å². The van der Waals surface area contributed by atoms with E-state index in [9.17, 15) is 9.59 Å². The predicted octanol–water partition coefficient (Wildman–Crippen LogP) is 2.37. The van der Waals surface area contributed by atoms with Gasteiger partial charge >= 0.3 is 5.69 Å². The highest BCUT2D eigenvalue weighted by Gasteiger charge is 2.18. The van der Waals surface area contributed by atoms with Gasteiger partial charge in [-0.25, -0.2) is 4.79 Å². The Morgan fingerprint density at radius 3 is 2.50 bits per heavy atom. The third-order valence-corrected chi connectivity index (χ3v) is 6.66. The molecular formula is C24H26N8O3S. The van der Waals surface area contributed by atoms with Crippen molar-refractivity contribution in [2.45, 2.75) is 5.16 Å². The van der Waals surface area contributed by atoms with Crippen LogP contribution in [0.25, 0.3) is 11.0 Å². The lowest BCUT2D eigenvalue weighted by Crippen LogP contribution is -2.37. The molecule has 2 N–H and O–H groups in total. The van der Waals surface area contributed by atoms with Crippen molar-refractivity contribution in [3.8, 4) is 0 Å². The summed E-state index contributed by atoms with van der Waals surface area (Å²) in [5.41, 5.74) is 2.91. The molecule has 0 saturated carbocycles. The van der Waals surface area contributed by atoms with Crippen molar-refractivity contribution in [2.75, 3.05) is 47.6 Å². The summed E-state index contributed by atoms with van der Waals surface area (Å²) in [5, 5.41) is 6.56. The maximum atomic E-state index is 12.7. The first-order chi connectivity index (χ1) is 17.5. The lowest BCUT2D eigenvalue weighted by atomic mass is 10.2. The summed E-state index contributed by atoms with van der Waals surface area (Å²) in [6.07, 6.45) is 0. The van der Waals surface area contributed by atoms with Crippen molar-refractivity contribution in [1.82, 2.24) is 24.1 Å². The predicted molar refractivity (Wildman–Crippen MR) is 140 cm³/mol. The van der Waals surface area contributed by atoms with Gasteiger partial charge in [-0.1, -0.05) is 30.0 Å². The van der Waals surface area contributed by atoms with E-state index in [0.29, 0.717) is 49.0 Å². The Bertz CT molecular complexity index is 1450. The number of aromatic nitrogens is 5. The Hall–Kier alpha value is -3.90. The van der Waals surface area contributed by atoms with E-state index in [1.165, 1.54) is 11.8 Å². The summed E-state index contributed by atoms with van der Waals surface area (Å²) in [4.78, 5) is 40.6. The molecule has 1 aliphatic heterocycles. The quantitative estimate of drug-likeness (QED) is 0.364. The number of thioether (sulfide) groups is 1. The summed E-state index contributed by atoms with van der Waals surface area (Å²) < 4.78 is 8.58. The average Bonchev–Trinajstić information content (AvgIpc) is 3.12.